The number of hydrogen-bond donors (Lipinski definition) is 3. The number of nitrogen functional groups attached to an aromatic ring is 2. The van der Waals surface area contributed by atoms with Crippen molar-refractivity contribution in [2.45, 2.75) is 13.5 Å². The molecule has 0 fully saturated rings. The zero-order chi connectivity index (χ0) is 12.3. The van der Waals surface area contributed by atoms with Crippen LogP contribution in [0.1, 0.15) is 5.56 Å². The Morgan fingerprint density at radius 2 is 2.18 bits per heavy atom. The van der Waals surface area contributed by atoms with Gasteiger partial charge in [0.2, 0.25) is 5.95 Å². The third-order valence-electron chi connectivity index (χ3n) is 2.17. The summed E-state index contributed by atoms with van der Waals surface area (Å²) < 4.78 is 1.86. The molecular weight excluding hydrogens is 218 g/mol. The fourth-order valence-corrected chi connectivity index (χ4v) is 1.46. The van der Waals surface area contributed by atoms with Gasteiger partial charge in [0.1, 0.15) is 11.6 Å². The first-order valence-corrected chi connectivity index (χ1v) is 5.26. The lowest BCUT2D eigenvalue weighted by Crippen LogP contribution is -2.12. The number of nitrogens with two attached hydrogens (primary N) is 2. The Kier molecular flexibility index (Phi) is 3.08. The Hall–Kier alpha value is -2.31. The van der Waals surface area contributed by atoms with Gasteiger partial charge in [-0.15, -0.1) is 0 Å². The Bertz CT molecular complexity index is 485. The SMILES string of the molecule is Cc1cnn(CCNc2cc(N)nc(N)n2)c1. The highest BCUT2D eigenvalue weighted by atomic mass is 15.3. The molecule has 0 bridgehead atoms. The molecule has 0 radical (unpaired) electrons. The molecule has 0 aliphatic heterocycles. The maximum atomic E-state index is 5.56. The highest BCUT2D eigenvalue weighted by molar-refractivity contribution is 5.48. The van der Waals surface area contributed by atoms with E-state index in [0.717, 1.165) is 12.1 Å². The number of aryl methyl sites for hydroxylation is 1. The molecule has 0 spiro atoms. The average Bonchev–Trinajstić information content (AvgIpc) is 2.63. The fraction of sp³-hybridized carbons (Fsp3) is 0.300. The molecule has 0 unspecified atom stereocenters. The first kappa shape index (κ1) is 11.2. The lowest BCUT2D eigenvalue weighted by molar-refractivity contribution is 0.636. The second-order valence-electron chi connectivity index (χ2n) is 3.74. The van der Waals surface area contributed by atoms with Gasteiger partial charge in [-0.05, 0) is 12.5 Å². The summed E-state index contributed by atoms with van der Waals surface area (Å²) in [6.45, 7) is 3.44. The van der Waals surface area contributed by atoms with Gasteiger partial charge in [-0.3, -0.25) is 4.68 Å². The summed E-state index contributed by atoms with van der Waals surface area (Å²) in [4.78, 5) is 7.81. The van der Waals surface area contributed by atoms with Crippen molar-refractivity contribution in [3.63, 3.8) is 0 Å². The minimum atomic E-state index is 0.169. The van der Waals surface area contributed by atoms with Crippen LogP contribution in [-0.2, 0) is 6.54 Å². The molecule has 90 valence electrons. The van der Waals surface area contributed by atoms with Gasteiger partial charge in [0.05, 0.1) is 12.7 Å². The second-order valence-corrected chi connectivity index (χ2v) is 3.74. The van der Waals surface area contributed by atoms with Crippen molar-refractivity contribution >= 4 is 17.6 Å². The number of nitrogens with one attached hydrogen (secondary N) is 1. The van der Waals surface area contributed by atoms with Crippen LogP contribution in [0.15, 0.2) is 18.5 Å². The molecule has 2 rings (SSSR count). The minimum absolute atomic E-state index is 0.169. The minimum Gasteiger partial charge on any atom is -0.383 e. The van der Waals surface area contributed by atoms with Crippen LogP contribution in [0.2, 0.25) is 0 Å². The summed E-state index contributed by atoms with van der Waals surface area (Å²) >= 11 is 0. The molecule has 5 N–H and O–H groups in total. The maximum Gasteiger partial charge on any atom is 0.223 e. The summed E-state index contributed by atoms with van der Waals surface area (Å²) in [6.07, 6.45) is 3.80. The van der Waals surface area contributed by atoms with E-state index >= 15 is 0 Å². The van der Waals surface area contributed by atoms with Crippen molar-refractivity contribution in [1.82, 2.24) is 19.7 Å². The number of anilines is 3. The Morgan fingerprint density at radius 1 is 1.35 bits per heavy atom. The number of rotatable bonds is 4. The van der Waals surface area contributed by atoms with E-state index in [-0.39, 0.29) is 5.95 Å². The van der Waals surface area contributed by atoms with Gasteiger partial charge in [0, 0.05) is 18.8 Å². The standard InChI is InChI=1S/C10H15N7/c1-7-5-14-17(6-7)3-2-13-9-4-8(11)15-10(12)16-9/h4-6H,2-3H2,1H3,(H5,11,12,13,15,16). The van der Waals surface area contributed by atoms with Crippen molar-refractivity contribution in [1.29, 1.82) is 0 Å². The maximum absolute atomic E-state index is 5.56. The zero-order valence-electron chi connectivity index (χ0n) is 9.59. The average molecular weight is 233 g/mol. The van der Waals surface area contributed by atoms with Gasteiger partial charge in [0.15, 0.2) is 0 Å². The van der Waals surface area contributed by atoms with Crippen LogP contribution in [0.25, 0.3) is 0 Å². The molecule has 0 amide bonds. The largest absolute Gasteiger partial charge is 0.383 e. The van der Waals surface area contributed by atoms with Gasteiger partial charge >= 0.3 is 0 Å². The molecule has 0 atom stereocenters. The van der Waals surface area contributed by atoms with E-state index in [0.29, 0.717) is 18.2 Å². The van der Waals surface area contributed by atoms with Crippen LogP contribution in [0.3, 0.4) is 0 Å². The summed E-state index contributed by atoms with van der Waals surface area (Å²) in [5.41, 5.74) is 12.2. The van der Waals surface area contributed by atoms with E-state index in [9.17, 15) is 0 Å². The monoisotopic (exact) mass is 233 g/mol. The van der Waals surface area contributed by atoms with Crippen LogP contribution in [0, 0.1) is 6.92 Å². The van der Waals surface area contributed by atoms with Crippen LogP contribution in [0.5, 0.6) is 0 Å². The van der Waals surface area contributed by atoms with Crippen molar-refractivity contribution in [2.75, 3.05) is 23.3 Å². The smallest absolute Gasteiger partial charge is 0.223 e. The van der Waals surface area contributed by atoms with E-state index in [4.69, 9.17) is 11.5 Å². The Balaban J connectivity index is 1.89. The van der Waals surface area contributed by atoms with Crippen LogP contribution >= 0.6 is 0 Å². The number of nitrogens with zero attached hydrogens (tertiary/aromatic N) is 4. The van der Waals surface area contributed by atoms with Gasteiger partial charge in [0.25, 0.3) is 0 Å². The van der Waals surface area contributed by atoms with Crippen molar-refractivity contribution in [3.8, 4) is 0 Å². The molecule has 0 aromatic carbocycles. The highest BCUT2D eigenvalue weighted by Gasteiger charge is 1.99. The van der Waals surface area contributed by atoms with Gasteiger partial charge in [-0.2, -0.15) is 15.1 Å². The predicted octanol–water partition coefficient (Wildman–Crippen LogP) is 0.258. The van der Waals surface area contributed by atoms with Crippen LogP contribution < -0.4 is 16.8 Å². The topological polar surface area (TPSA) is 108 Å². The lowest BCUT2D eigenvalue weighted by Gasteiger charge is -2.06. The third kappa shape index (κ3) is 3.07. The summed E-state index contributed by atoms with van der Waals surface area (Å²) in [5, 5.41) is 7.29. The van der Waals surface area contributed by atoms with E-state index in [1.807, 2.05) is 24.0 Å². The number of hydrogen-bond acceptors (Lipinski definition) is 6. The lowest BCUT2D eigenvalue weighted by atomic mass is 10.4. The fourth-order valence-electron chi connectivity index (χ4n) is 1.46. The molecule has 7 nitrogen and oxygen atoms in total. The molecule has 0 aliphatic carbocycles. The molecule has 2 aromatic heterocycles. The van der Waals surface area contributed by atoms with Crippen LogP contribution in [0.4, 0.5) is 17.6 Å². The second kappa shape index (κ2) is 4.69. The quantitative estimate of drug-likeness (QED) is 0.699. The van der Waals surface area contributed by atoms with Crippen molar-refractivity contribution in [3.05, 3.63) is 24.0 Å². The van der Waals surface area contributed by atoms with Gasteiger partial charge in [-0.1, -0.05) is 0 Å². The van der Waals surface area contributed by atoms with E-state index in [1.165, 1.54) is 0 Å². The zero-order valence-corrected chi connectivity index (χ0v) is 9.59. The first-order chi connectivity index (χ1) is 8.13. The molecule has 0 saturated heterocycles. The highest BCUT2D eigenvalue weighted by Crippen LogP contribution is 2.08. The molecule has 0 aliphatic rings. The van der Waals surface area contributed by atoms with Gasteiger partial charge in [-0.25, -0.2) is 0 Å². The normalized spacial score (nSPS) is 10.4. The van der Waals surface area contributed by atoms with Crippen molar-refractivity contribution < 1.29 is 0 Å². The van der Waals surface area contributed by atoms with E-state index in [2.05, 4.69) is 20.4 Å². The molecule has 17 heavy (non-hydrogen) atoms. The third-order valence-corrected chi connectivity index (χ3v) is 2.17. The predicted molar refractivity (Wildman–Crippen MR) is 66.3 cm³/mol. The number of aromatic nitrogens is 4. The first-order valence-electron chi connectivity index (χ1n) is 5.26. The Morgan fingerprint density at radius 3 is 2.82 bits per heavy atom. The Labute approximate surface area is 98.9 Å². The summed E-state index contributed by atoms with van der Waals surface area (Å²) in [7, 11) is 0. The molecule has 0 saturated carbocycles. The molecular formula is C10H15N7. The summed E-state index contributed by atoms with van der Waals surface area (Å²) in [6, 6.07) is 1.64. The summed E-state index contributed by atoms with van der Waals surface area (Å²) in [5.74, 6) is 1.15. The van der Waals surface area contributed by atoms with Crippen LogP contribution in [-0.4, -0.2) is 26.3 Å². The van der Waals surface area contributed by atoms with E-state index in [1.54, 1.807) is 6.07 Å². The van der Waals surface area contributed by atoms with Crippen molar-refractivity contribution in [2.24, 2.45) is 0 Å². The molecule has 2 aromatic rings. The van der Waals surface area contributed by atoms with Gasteiger partial charge < -0.3 is 16.8 Å². The molecule has 2 heterocycles. The molecule has 7 heteroatoms. The van der Waals surface area contributed by atoms with E-state index < -0.39 is 0 Å².